The third kappa shape index (κ3) is 16.8. The number of halogens is 5. The summed E-state index contributed by atoms with van der Waals surface area (Å²) >= 11 is 12.4. The number of likely N-dealkylation sites (tertiary alicyclic amines) is 2. The van der Waals surface area contributed by atoms with Crippen LogP contribution in [0, 0.1) is 13.8 Å². The molecule has 8 heterocycles. The lowest BCUT2D eigenvalue weighted by molar-refractivity contribution is -0.192. The van der Waals surface area contributed by atoms with Gasteiger partial charge < -0.3 is 35.2 Å². The van der Waals surface area contributed by atoms with E-state index >= 15 is 0 Å². The Bertz CT molecular complexity index is 3810. The molecule has 4 fully saturated rings. The van der Waals surface area contributed by atoms with Crippen molar-refractivity contribution < 1.29 is 59.0 Å². The first kappa shape index (κ1) is 66.9. The van der Waals surface area contributed by atoms with Crippen molar-refractivity contribution in [2.45, 2.75) is 148 Å². The maximum Gasteiger partial charge on any atom is 0.490 e. The Morgan fingerprint density at radius 2 is 1.08 bits per heavy atom. The molecule has 5 N–H and O–H groups in total. The minimum atomic E-state index is -5.08. The number of ether oxygens (including phenoxy) is 1. The van der Waals surface area contributed by atoms with E-state index in [1.54, 1.807) is 31.0 Å². The molecular weight excluding hydrogens is 1230 g/mol. The Labute approximate surface area is 519 Å². The summed E-state index contributed by atoms with van der Waals surface area (Å²) in [6.45, 7) is 13.1. The summed E-state index contributed by atoms with van der Waals surface area (Å²) in [6, 6.07) is 12.9. The zero-order valence-electron chi connectivity index (χ0n) is 50.0. The number of carbonyl (C=O) groups is 4. The van der Waals surface area contributed by atoms with Gasteiger partial charge >= 0.3 is 18.1 Å². The number of esters is 1. The van der Waals surface area contributed by atoms with Crippen molar-refractivity contribution in [3.05, 3.63) is 105 Å². The van der Waals surface area contributed by atoms with Gasteiger partial charge in [-0.15, -0.1) is 0 Å². The number of aryl methyl sites for hydroxylation is 2. The van der Waals surface area contributed by atoms with Crippen LogP contribution in [0.4, 0.5) is 36.2 Å². The molecule has 4 aliphatic heterocycles. The van der Waals surface area contributed by atoms with Gasteiger partial charge in [-0.3, -0.25) is 23.8 Å². The number of alkyl halides is 3. The fourth-order valence-corrected chi connectivity index (χ4v) is 13.1. The van der Waals surface area contributed by atoms with Crippen LogP contribution >= 0.6 is 23.2 Å². The van der Waals surface area contributed by atoms with Crippen molar-refractivity contribution in [1.82, 2.24) is 39.0 Å². The molecule has 30 heteroatoms. The molecule has 0 unspecified atom stereocenters. The molecule has 88 heavy (non-hydrogen) atoms. The molecule has 2 aromatic carbocycles. The van der Waals surface area contributed by atoms with E-state index in [2.05, 4.69) is 19.2 Å². The Kier molecular flexibility index (Phi) is 20.8. The highest BCUT2D eigenvalue weighted by atomic mass is 35.5. The molecule has 2 amide bonds. The highest BCUT2D eigenvalue weighted by molar-refractivity contribution is 7.92. The molecule has 0 radical (unpaired) electrons. The summed E-state index contributed by atoms with van der Waals surface area (Å²) < 4.78 is 93.5. The summed E-state index contributed by atoms with van der Waals surface area (Å²) in [5, 5.41) is 17.5. The summed E-state index contributed by atoms with van der Waals surface area (Å²) in [7, 11) is -7.19. The van der Waals surface area contributed by atoms with E-state index < -0.39 is 37.8 Å². The van der Waals surface area contributed by atoms with Gasteiger partial charge in [0.15, 0.2) is 11.3 Å². The Hall–Kier alpha value is -7.01. The van der Waals surface area contributed by atoms with Gasteiger partial charge in [-0.1, -0.05) is 23.2 Å². The van der Waals surface area contributed by atoms with Crippen LogP contribution in [0.2, 0.25) is 10.0 Å². The third-order valence-corrected chi connectivity index (χ3v) is 17.0. The molecule has 4 atom stereocenters. The molecule has 478 valence electrons. The Morgan fingerprint density at radius 1 is 0.659 bits per heavy atom. The second kappa shape index (κ2) is 27.4. The van der Waals surface area contributed by atoms with Gasteiger partial charge in [-0.25, -0.2) is 40.6 Å². The predicted octanol–water partition coefficient (Wildman–Crippen LogP) is 9.51. The SMILES string of the molecule is Cc1cn2nc([C@@H]3CCCCN3C(=O)c3cc(Cl)ccc3NS(C)(=O)=O)cc2nc1N1CCC[C@H]1CCC(=O)OC(C)(C)C.Cc1cn2nc([C@@H]3CCCCN3C(=O)c3cc(Cl)ccc3NS(C)(=O)=O)cc2nc1N1CCC[C@H]1CN.O=C(O)C(F)(F)F. The largest absolute Gasteiger partial charge is 0.490 e. The van der Waals surface area contributed by atoms with Crippen molar-refractivity contribution in [3.63, 3.8) is 0 Å². The maximum absolute atomic E-state index is 13.9. The number of sulfonamides is 2. The molecule has 0 spiro atoms. The number of anilines is 4. The molecule has 4 aliphatic rings. The number of rotatable bonds is 14. The van der Waals surface area contributed by atoms with E-state index in [-0.39, 0.29) is 64.5 Å². The number of hydrogen-bond donors (Lipinski definition) is 4. The zero-order chi connectivity index (χ0) is 64.2. The number of carbonyl (C=O) groups excluding carboxylic acids is 3. The van der Waals surface area contributed by atoms with E-state index in [0.29, 0.717) is 48.2 Å². The topological polar surface area (TPSA) is 289 Å². The van der Waals surface area contributed by atoms with Crippen LogP contribution in [0.3, 0.4) is 0 Å². The number of amides is 2. The number of carboxylic acid groups (broad SMARTS) is 1. The van der Waals surface area contributed by atoms with Crippen molar-refractivity contribution in [2.24, 2.45) is 5.73 Å². The standard InChI is InChI=1S/C31H41ClN6O5S.C25H32ClN7O3S.C2HF3O2/c1-20-19-38-27(33-29(20)36-16-8-9-22(36)12-14-28(39)43-31(2,3)4)18-25(34-38)26-10-6-7-15-37(26)30(40)23-17-21(32)11-13-24(23)35-44(5,41)42;1-16-15-33-23(28-24(16)31-11-5-6-18(31)14-27)13-21(29-33)22-7-3-4-10-32(22)25(34)19-12-17(26)8-9-20(19)30-37(2,35)36;3-2(4,5)1(6)7/h11,13,17-19,22,26,35H,6-10,12,14-16H2,1-5H3;8-9,12-13,15,18,22,30H,3-7,10-11,14,27H2,1-2H3;(H,6,7)/t22-,26-;18-,22-;/m00./s1. The summed E-state index contributed by atoms with van der Waals surface area (Å²) in [6.07, 6.45) is 11.2. The van der Waals surface area contributed by atoms with Gasteiger partial charge in [0.25, 0.3) is 11.8 Å². The van der Waals surface area contributed by atoms with Crippen molar-refractivity contribution in [2.75, 3.05) is 64.5 Å². The molecule has 23 nitrogen and oxygen atoms in total. The number of carboxylic acids is 1. The molecule has 0 saturated carbocycles. The number of benzene rings is 2. The van der Waals surface area contributed by atoms with Gasteiger partial charge in [0.05, 0.1) is 58.5 Å². The van der Waals surface area contributed by atoms with Crippen molar-refractivity contribution in [1.29, 1.82) is 0 Å². The fraction of sp³-hybridized carbons (Fsp3) is 0.517. The Balaban J connectivity index is 0.000000208. The van der Waals surface area contributed by atoms with Gasteiger partial charge in [0.1, 0.15) is 17.2 Å². The van der Waals surface area contributed by atoms with Crippen LogP contribution in [0.25, 0.3) is 11.3 Å². The minimum absolute atomic E-state index is 0.187. The average Bonchev–Trinajstić information content (AvgIpc) is 1.77. The third-order valence-electron chi connectivity index (χ3n) is 15.4. The fourth-order valence-electron chi connectivity index (χ4n) is 11.6. The number of nitrogens with two attached hydrogens (primary N) is 1. The number of aliphatic carboxylic acids is 1. The van der Waals surface area contributed by atoms with Gasteiger partial charge in [0.2, 0.25) is 20.0 Å². The van der Waals surface area contributed by atoms with Crippen LogP contribution in [0.1, 0.15) is 153 Å². The number of aromatic nitrogens is 6. The molecule has 4 aromatic heterocycles. The van der Waals surface area contributed by atoms with Gasteiger partial charge in [-0.05, 0) is 142 Å². The van der Waals surface area contributed by atoms with E-state index in [1.807, 2.05) is 59.1 Å². The van der Waals surface area contributed by atoms with E-state index in [1.165, 1.54) is 24.3 Å². The zero-order valence-corrected chi connectivity index (χ0v) is 53.1. The quantitative estimate of drug-likeness (QED) is 0.0738. The van der Waals surface area contributed by atoms with Crippen molar-refractivity contribution >= 4 is 101 Å². The van der Waals surface area contributed by atoms with E-state index in [4.69, 9.17) is 63.7 Å². The number of nitrogens with zero attached hydrogens (tertiary/aromatic N) is 10. The molecule has 6 aromatic rings. The molecule has 10 rings (SSSR count). The lowest BCUT2D eigenvalue weighted by Gasteiger charge is -2.35. The lowest BCUT2D eigenvalue weighted by atomic mass is 9.98. The number of hydrogen-bond acceptors (Lipinski definition) is 16. The van der Waals surface area contributed by atoms with Crippen LogP contribution in [-0.2, 0) is 34.4 Å². The normalized spacial score (nSPS) is 19.2. The second-order valence-electron chi connectivity index (χ2n) is 23.5. The lowest BCUT2D eigenvalue weighted by Crippen LogP contribution is -2.39. The van der Waals surface area contributed by atoms with E-state index in [9.17, 15) is 44.4 Å². The molecule has 0 bridgehead atoms. The number of piperidine rings is 2. The highest BCUT2D eigenvalue weighted by Crippen LogP contribution is 2.38. The number of nitrogens with one attached hydrogen (secondary N) is 2. The summed E-state index contributed by atoms with van der Waals surface area (Å²) in [4.78, 5) is 67.0. The first-order chi connectivity index (χ1) is 41.3. The first-order valence-electron chi connectivity index (χ1n) is 28.9. The van der Waals surface area contributed by atoms with Crippen LogP contribution in [0.5, 0.6) is 0 Å². The predicted molar refractivity (Wildman–Crippen MR) is 329 cm³/mol. The molecular formula is C58H74Cl2F3N13O10S2. The van der Waals surface area contributed by atoms with E-state index in [0.717, 1.165) is 130 Å². The second-order valence-corrected chi connectivity index (χ2v) is 27.9. The molecule has 4 saturated heterocycles. The van der Waals surface area contributed by atoms with Gasteiger partial charge in [0, 0.05) is 96.9 Å². The summed E-state index contributed by atoms with van der Waals surface area (Å²) in [5.41, 5.74) is 11.2. The Morgan fingerprint density at radius 3 is 1.48 bits per heavy atom. The summed E-state index contributed by atoms with van der Waals surface area (Å²) in [5.74, 6) is -1.74. The van der Waals surface area contributed by atoms with Crippen LogP contribution in [0.15, 0.2) is 60.9 Å². The smallest absolute Gasteiger partial charge is 0.475 e. The maximum atomic E-state index is 13.9. The monoisotopic (exact) mass is 1300 g/mol. The van der Waals surface area contributed by atoms with Crippen LogP contribution < -0.4 is 25.0 Å². The highest BCUT2D eigenvalue weighted by Gasteiger charge is 2.39. The minimum Gasteiger partial charge on any atom is -0.475 e. The molecule has 0 aliphatic carbocycles. The first-order valence-corrected chi connectivity index (χ1v) is 33.5. The van der Waals surface area contributed by atoms with Gasteiger partial charge in [-0.2, -0.15) is 23.4 Å². The van der Waals surface area contributed by atoms with Crippen LogP contribution in [-0.4, -0.2) is 154 Å². The number of fused-ring (bicyclic) bond motifs is 2. The average molecular weight is 1310 g/mol. The van der Waals surface area contributed by atoms with Crippen molar-refractivity contribution in [3.8, 4) is 0 Å².